The molecule has 1 atom stereocenters. The number of hydrogen-bond donors (Lipinski definition) is 2. The van der Waals surface area contributed by atoms with Crippen molar-refractivity contribution in [1.29, 1.82) is 0 Å². The Balaban J connectivity index is 1.36. The third-order valence-corrected chi connectivity index (χ3v) is 6.16. The Morgan fingerprint density at radius 1 is 1.13 bits per heavy atom. The molecule has 1 aliphatic carbocycles. The summed E-state index contributed by atoms with van der Waals surface area (Å²) >= 11 is 0. The number of carbonyl (C=O) groups is 2. The molecule has 2 N–H and O–H groups in total. The molecule has 8 heteroatoms. The van der Waals surface area contributed by atoms with Gasteiger partial charge in [0.05, 0.1) is 12.5 Å². The minimum atomic E-state index is -0.985. The van der Waals surface area contributed by atoms with E-state index in [0.29, 0.717) is 25.2 Å². The van der Waals surface area contributed by atoms with E-state index in [1.165, 1.54) is 36.4 Å². The van der Waals surface area contributed by atoms with Crippen LogP contribution in [0.3, 0.4) is 0 Å². The highest BCUT2D eigenvalue weighted by molar-refractivity contribution is 5.78. The van der Waals surface area contributed by atoms with Crippen LogP contribution in [0.25, 0.3) is 0 Å². The van der Waals surface area contributed by atoms with Crippen LogP contribution in [0.5, 0.6) is 0 Å². The zero-order valence-electron chi connectivity index (χ0n) is 17.5. The van der Waals surface area contributed by atoms with Crippen molar-refractivity contribution in [3.05, 3.63) is 63.3 Å². The lowest BCUT2D eigenvalue weighted by Crippen LogP contribution is -2.36. The van der Waals surface area contributed by atoms with Gasteiger partial charge in [-0.05, 0) is 55.7 Å². The van der Waals surface area contributed by atoms with Crippen molar-refractivity contribution in [1.82, 2.24) is 19.8 Å². The minimum absolute atomic E-state index is 0.157. The van der Waals surface area contributed by atoms with Gasteiger partial charge in [-0.1, -0.05) is 12.1 Å². The molecule has 0 unspecified atom stereocenters. The number of fused-ring (bicyclic) bond motifs is 1. The first-order valence-corrected chi connectivity index (χ1v) is 10.9. The molecule has 1 fully saturated rings. The van der Waals surface area contributed by atoms with Crippen molar-refractivity contribution in [2.45, 2.75) is 51.0 Å². The lowest BCUT2D eigenvalue weighted by atomic mass is 9.95. The molecule has 4 rings (SSSR count). The molecule has 0 bridgehead atoms. The van der Waals surface area contributed by atoms with Crippen molar-refractivity contribution < 1.29 is 14.7 Å². The summed E-state index contributed by atoms with van der Waals surface area (Å²) in [6, 6.07) is 6.48. The number of pyridine rings is 2. The Kier molecular flexibility index (Phi) is 6.34. The smallest absolute Gasteiger partial charge is 0.320 e. The van der Waals surface area contributed by atoms with E-state index >= 15 is 0 Å². The Hall–Kier alpha value is -3.16. The molecule has 31 heavy (non-hydrogen) atoms. The van der Waals surface area contributed by atoms with Crippen LogP contribution in [0.1, 0.15) is 54.2 Å². The summed E-state index contributed by atoms with van der Waals surface area (Å²) < 4.78 is 0. The van der Waals surface area contributed by atoms with Gasteiger partial charge in [0.25, 0.3) is 0 Å². The number of carboxylic acids is 1. The van der Waals surface area contributed by atoms with Gasteiger partial charge in [0.1, 0.15) is 0 Å². The summed E-state index contributed by atoms with van der Waals surface area (Å²) in [5.74, 6) is -0.985. The monoisotopic (exact) mass is 424 g/mol. The van der Waals surface area contributed by atoms with E-state index in [9.17, 15) is 19.5 Å². The number of carboxylic acid groups (broad SMARTS) is 1. The van der Waals surface area contributed by atoms with E-state index in [0.717, 1.165) is 31.4 Å². The third-order valence-electron chi connectivity index (χ3n) is 6.16. The van der Waals surface area contributed by atoms with Crippen LogP contribution in [-0.2, 0) is 24.1 Å². The molecule has 0 aromatic carbocycles. The zero-order chi connectivity index (χ0) is 21.8. The predicted molar refractivity (Wildman–Crippen MR) is 115 cm³/mol. The standard InChI is InChI=1S/C23H28N4O4/c28-21-10-8-17(15-24-21)20(14-22(29)30)27-13-12-26(23(27)31)11-3-5-18-9-7-16-4-1-2-6-19(16)25-18/h7-10,15,20H,1-6,11-14H2,(H,24,28)(H,29,30)/t20-/m0/s1. The van der Waals surface area contributed by atoms with E-state index in [1.54, 1.807) is 15.9 Å². The number of aryl methyl sites for hydroxylation is 3. The van der Waals surface area contributed by atoms with Gasteiger partial charge < -0.3 is 19.9 Å². The Labute approximate surface area is 180 Å². The number of rotatable bonds is 8. The van der Waals surface area contributed by atoms with E-state index < -0.39 is 12.0 Å². The highest BCUT2D eigenvalue weighted by Gasteiger charge is 2.35. The zero-order valence-corrected chi connectivity index (χ0v) is 17.5. The van der Waals surface area contributed by atoms with Crippen LogP contribution < -0.4 is 5.56 Å². The Bertz CT molecular complexity index is 998. The van der Waals surface area contributed by atoms with Gasteiger partial charge in [-0.25, -0.2) is 4.79 Å². The van der Waals surface area contributed by atoms with Gasteiger partial charge in [0.15, 0.2) is 0 Å². The topological polar surface area (TPSA) is 107 Å². The average Bonchev–Trinajstić information content (AvgIpc) is 3.13. The summed E-state index contributed by atoms with van der Waals surface area (Å²) in [5, 5.41) is 9.33. The number of H-pyrrole nitrogens is 1. The Morgan fingerprint density at radius 2 is 1.97 bits per heavy atom. The lowest BCUT2D eigenvalue weighted by Gasteiger charge is -2.27. The normalized spacial score (nSPS) is 17.0. The van der Waals surface area contributed by atoms with Crippen LogP contribution in [-0.4, -0.2) is 56.5 Å². The lowest BCUT2D eigenvalue weighted by molar-refractivity contribution is -0.138. The van der Waals surface area contributed by atoms with Gasteiger partial charge in [-0.15, -0.1) is 0 Å². The van der Waals surface area contributed by atoms with Crippen molar-refractivity contribution in [2.24, 2.45) is 0 Å². The van der Waals surface area contributed by atoms with Crippen LogP contribution >= 0.6 is 0 Å². The molecule has 2 aliphatic rings. The summed E-state index contributed by atoms with van der Waals surface area (Å²) in [4.78, 5) is 46.5. The van der Waals surface area contributed by atoms with Crippen LogP contribution in [0.15, 0.2) is 35.3 Å². The van der Waals surface area contributed by atoms with Crippen LogP contribution in [0, 0.1) is 0 Å². The maximum absolute atomic E-state index is 13.0. The molecule has 164 valence electrons. The summed E-state index contributed by atoms with van der Waals surface area (Å²) in [7, 11) is 0. The molecule has 2 aromatic rings. The molecule has 8 nitrogen and oxygen atoms in total. The van der Waals surface area contributed by atoms with Crippen molar-refractivity contribution in [3.8, 4) is 0 Å². The first-order valence-electron chi connectivity index (χ1n) is 10.9. The highest BCUT2D eigenvalue weighted by atomic mass is 16.4. The SMILES string of the molecule is O=C(O)C[C@@H](c1ccc(=O)[nH]c1)N1CCN(CCCc2ccc3c(n2)CCCC3)C1=O. The van der Waals surface area contributed by atoms with E-state index in [1.807, 2.05) is 0 Å². The fourth-order valence-electron chi connectivity index (χ4n) is 4.52. The predicted octanol–water partition coefficient (Wildman–Crippen LogP) is 2.53. The molecule has 1 saturated heterocycles. The molecular weight excluding hydrogens is 396 g/mol. The van der Waals surface area contributed by atoms with Crippen molar-refractivity contribution in [2.75, 3.05) is 19.6 Å². The second kappa shape index (κ2) is 9.32. The average molecular weight is 425 g/mol. The maximum atomic E-state index is 13.0. The molecule has 0 spiro atoms. The molecular formula is C23H28N4O4. The summed E-state index contributed by atoms with van der Waals surface area (Å²) in [6.07, 6.45) is 7.53. The number of aromatic amines is 1. The largest absolute Gasteiger partial charge is 0.481 e. The fourth-order valence-corrected chi connectivity index (χ4v) is 4.52. The first-order chi connectivity index (χ1) is 15.0. The van der Waals surface area contributed by atoms with Crippen LogP contribution in [0.4, 0.5) is 4.79 Å². The van der Waals surface area contributed by atoms with Gasteiger partial charge in [-0.2, -0.15) is 0 Å². The first kappa shape index (κ1) is 21.1. The Morgan fingerprint density at radius 3 is 2.74 bits per heavy atom. The third kappa shape index (κ3) is 4.95. The number of aliphatic carboxylic acids is 1. The highest BCUT2D eigenvalue weighted by Crippen LogP contribution is 2.28. The number of nitrogens with one attached hydrogen (secondary N) is 1. The second-order valence-corrected chi connectivity index (χ2v) is 8.28. The minimum Gasteiger partial charge on any atom is -0.481 e. The number of carbonyl (C=O) groups excluding carboxylic acids is 1. The second-order valence-electron chi connectivity index (χ2n) is 8.28. The van der Waals surface area contributed by atoms with Crippen molar-refractivity contribution in [3.63, 3.8) is 0 Å². The van der Waals surface area contributed by atoms with Gasteiger partial charge in [0, 0.05) is 43.3 Å². The maximum Gasteiger partial charge on any atom is 0.320 e. The van der Waals surface area contributed by atoms with E-state index in [2.05, 4.69) is 17.1 Å². The molecule has 0 saturated carbocycles. The molecule has 0 radical (unpaired) electrons. The summed E-state index contributed by atoms with van der Waals surface area (Å²) in [6.45, 7) is 1.64. The van der Waals surface area contributed by atoms with Gasteiger partial charge in [0.2, 0.25) is 5.56 Å². The summed E-state index contributed by atoms with van der Waals surface area (Å²) in [5.41, 5.74) is 4.02. The molecule has 1 aliphatic heterocycles. The van der Waals surface area contributed by atoms with Crippen molar-refractivity contribution >= 4 is 12.0 Å². The van der Waals surface area contributed by atoms with Crippen LogP contribution in [0.2, 0.25) is 0 Å². The quantitative estimate of drug-likeness (QED) is 0.677. The number of amides is 2. The van der Waals surface area contributed by atoms with E-state index in [4.69, 9.17) is 4.98 Å². The number of nitrogens with zero attached hydrogens (tertiary/aromatic N) is 3. The van der Waals surface area contributed by atoms with E-state index in [-0.39, 0.29) is 18.0 Å². The van der Waals surface area contributed by atoms with Gasteiger partial charge >= 0.3 is 12.0 Å². The van der Waals surface area contributed by atoms with Gasteiger partial charge in [-0.3, -0.25) is 14.6 Å². The number of hydrogen-bond acceptors (Lipinski definition) is 4. The number of aromatic nitrogens is 2. The molecule has 2 aromatic heterocycles. The fraction of sp³-hybridized carbons (Fsp3) is 0.478. The molecule has 2 amide bonds. The molecule has 3 heterocycles. The number of urea groups is 1.